The molecule has 124 valence electrons. The number of rotatable bonds is 3. The van der Waals surface area contributed by atoms with Gasteiger partial charge in [-0.1, -0.05) is 12.1 Å². The minimum atomic E-state index is -0.798. The summed E-state index contributed by atoms with van der Waals surface area (Å²) in [4.78, 5) is 26.8. The second-order valence-electron chi connectivity index (χ2n) is 6.55. The molecule has 5 heteroatoms. The van der Waals surface area contributed by atoms with E-state index in [1.807, 2.05) is 18.2 Å². The molecular formula is C19H19FN2O2. The van der Waals surface area contributed by atoms with Gasteiger partial charge in [0.1, 0.15) is 11.4 Å². The first-order valence-electron chi connectivity index (χ1n) is 7.78. The Morgan fingerprint density at radius 3 is 2.62 bits per heavy atom. The first kappa shape index (κ1) is 16.2. The van der Waals surface area contributed by atoms with E-state index in [4.69, 9.17) is 0 Å². The Hall–Kier alpha value is -2.69. The van der Waals surface area contributed by atoms with Crippen LogP contribution in [0.5, 0.6) is 0 Å². The predicted molar refractivity (Wildman–Crippen MR) is 92.0 cm³/mol. The van der Waals surface area contributed by atoms with E-state index in [9.17, 15) is 14.0 Å². The van der Waals surface area contributed by atoms with Crippen molar-refractivity contribution in [3.8, 4) is 0 Å². The highest BCUT2D eigenvalue weighted by Gasteiger charge is 2.39. The van der Waals surface area contributed by atoms with E-state index in [2.05, 4.69) is 5.32 Å². The minimum Gasteiger partial charge on any atom is -0.370 e. The number of nitrogens with one attached hydrogen (secondary N) is 1. The lowest BCUT2D eigenvalue weighted by Gasteiger charge is -2.39. The van der Waals surface area contributed by atoms with Crippen LogP contribution in [0.4, 0.5) is 15.8 Å². The number of fused-ring (bicyclic) bond motifs is 1. The number of para-hydroxylation sites is 2. The summed E-state index contributed by atoms with van der Waals surface area (Å²) < 4.78 is 13.4. The Labute approximate surface area is 140 Å². The number of aryl methyl sites for hydroxylation is 1. The summed E-state index contributed by atoms with van der Waals surface area (Å²) in [5, 5.41) is 3.19. The summed E-state index contributed by atoms with van der Waals surface area (Å²) in [6.45, 7) is 5.10. The Morgan fingerprint density at radius 2 is 1.92 bits per heavy atom. The van der Waals surface area contributed by atoms with E-state index in [0.717, 1.165) is 5.69 Å². The number of Topliss-reactive ketones (excluding diaryl/α,β-unsaturated/α-hetero) is 1. The molecule has 2 aromatic carbocycles. The van der Waals surface area contributed by atoms with Crippen LogP contribution in [-0.2, 0) is 4.79 Å². The highest BCUT2D eigenvalue weighted by atomic mass is 19.1. The zero-order valence-corrected chi connectivity index (χ0v) is 13.9. The maximum Gasteiger partial charge on any atom is 0.252 e. The highest BCUT2D eigenvalue weighted by molar-refractivity contribution is 6.12. The van der Waals surface area contributed by atoms with Crippen LogP contribution in [0, 0.1) is 12.7 Å². The van der Waals surface area contributed by atoms with Gasteiger partial charge in [-0.3, -0.25) is 9.59 Å². The van der Waals surface area contributed by atoms with Gasteiger partial charge >= 0.3 is 0 Å². The molecule has 24 heavy (non-hydrogen) atoms. The van der Waals surface area contributed by atoms with Crippen molar-refractivity contribution in [3.63, 3.8) is 0 Å². The third-order valence-corrected chi connectivity index (χ3v) is 4.20. The predicted octanol–water partition coefficient (Wildman–Crippen LogP) is 3.55. The third-order valence-electron chi connectivity index (χ3n) is 4.20. The van der Waals surface area contributed by atoms with Gasteiger partial charge in [-0.05, 0) is 56.7 Å². The van der Waals surface area contributed by atoms with E-state index in [-0.39, 0.29) is 24.1 Å². The largest absolute Gasteiger partial charge is 0.370 e. The fraction of sp³-hybridized carbons (Fsp3) is 0.263. The quantitative estimate of drug-likeness (QED) is 0.878. The standard InChI is InChI=1S/C19H19FN2O2/c1-12-10-13(8-9-14(12)20)17(23)11-22-16-7-5-4-6-15(16)21-19(2,3)18(22)24/h4-10,21H,11H2,1-3H3. The molecule has 1 N–H and O–H groups in total. The van der Waals surface area contributed by atoms with Crippen molar-refractivity contribution >= 4 is 23.1 Å². The fourth-order valence-electron chi connectivity index (χ4n) is 2.86. The molecule has 3 rings (SSSR count). The van der Waals surface area contributed by atoms with Crippen LogP contribution < -0.4 is 10.2 Å². The highest BCUT2D eigenvalue weighted by Crippen LogP contribution is 2.35. The van der Waals surface area contributed by atoms with Gasteiger partial charge in [0.15, 0.2) is 5.78 Å². The maximum absolute atomic E-state index is 13.4. The van der Waals surface area contributed by atoms with Gasteiger partial charge in [-0.15, -0.1) is 0 Å². The van der Waals surface area contributed by atoms with Crippen molar-refractivity contribution in [1.82, 2.24) is 0 Å². The van der Waals surface area contributed by atoms with E-state index in [0.29, 0.717) is 16.8 Å². The average Bonchev–Trinajstić information content (AvgIpc) is 2.54. The van der Waals surface area contributed by atoms with Gasteiger partial charge in [0.05, 0.1) is 17.9 Å². The molecule has 0 aliphatic carbocycles. The summed E-state index contributed by atoms with van der Waals surface area (Å²) in [6.07, 6.45) is 0. The number of benzene rings is 2. The second kappa shape index (κ2) is 5.74. The molecule has 0 fully saturated rings. The molecule has 1 aliphatic heterocycles. The zero-order valence-electron chi connectivity index (χ0n) is 13.9. The van der Waals surface area contributed by atoms with Crippen molar-refractivity contribution in [1.29, 1.82) is 0 Å². The van der Waals surface area contributed by atoms with Crippen LogP contribution >= 0.6 is 0 Å². The van der Waals surface area contributed by atoms with Crippen LogP contribution in [0.15, 0.2) is 42.5 Å². The number of hydrogen-bond donors (Lipinski definition) is 1. The number of halogens is 1. The molecule has 1 aliphatic rings. The van der Waals surface area contributed by atoms with Gasteiger partial charge in [0.2, 0.25) is 0 Å². The number of carbonyl (C=O) groups excluding carboxylic acids is 2. The molecule has 0 unspecified atom stereocenters. The molecule has 0 saturated heterocycles. The first-order chi connectivity index (χ1) is 11.3. The van der Waals surface area contributed by atoms with Crippen LogP contribution in [0.25, 0.3) is 0 Å². The third kappa shape index (κ3) is 2.77. The summed E-state index contributed by atoms with van der Waals surface area (Å²) in [6, 6.07) is 11.6. The molecular weight excluding hydrogens is 307 g/mol. The Kier molecular flexibility index (Phi) is 3.87. The van der Waals surface area contributed by atoms with E-state index >= 15 is 0 Å². The number of anilines is 2. The lowest BCUT2D eigenvalue weighted by molar-refractivity contribution is -0.122. The summed E-state index contributed by atoms with van der Waals surface area (Å²) in [5.74, 6) is -0.747. The van der Waals surface area contributed by atoms with Gasteiger partial charge in [0, 0.05) is 5.56 Å². The van der Waals surface area contributed by atoms with E-state index < -0.39 is 5.54 Å². The zero-order chi connectivity index (χ0) is 17.5. The summed E-state index contributed by atoms with van der Waals surface area (Å²) in [7, 11) is 0. The van der Waals surface area contributed by atoms with Gasteiger partial charge in [0.25, 0.3) is 5.91 Å². The Balaban J connectivity index is 1.94. The van der Waals surface area contributed by atoms with Gasteiger partial charge in [-0.2, -0.15) is 0 Å². The molecule has 0 radical (unpaired) electrons. The van der Waals surface area contributed by atoms with Gasteiger partial charge < -0.3 is 10.2 Å². The van der Waals surface area contributed by atoms with Crippen LogP contribution in [-0.4, -0.2) is 23.8 Å². The number of ketones is 1. The van der Waals surface area contributed by atoms with Crippen molar-refractivity contribution < 1.29 is 14.0 Å². The smallest absolute Gasteiger partial charge is 0.252 e. The first-order valence-corrected chi connectivity index (χ1v) is 7.78. The van der Waals surface area contributed by atoms with E-state index in [1.165, 1.54) is 23.1 Å². The molecule has 2 aromatic rings. The second-order valence-corrected chi connectivity index (χ2v) is 6.55. The lowest BCUT2D eigenvalue weighted by atomic mass is 9.97. The van der Waals surface area contributed by atoms with E-state index in [1.54, 1.807) is 26.8 Å². The molecule has 1 amide bonds. The van der Waals surface area contributed by atoms with Crippen LogP contribution in [0.2, 0.25) is 0 Å². The normalized spacial score (nSPS) is 15.7. The van der Waals surface area contributed by atoms with Gasteiger partial charge in [-0.25, -0.2) is 4.39 Å². The number of hydrogen-bond acceptors (Lipinski definition) is 3. The molecule has 1 heterocycles. The number of amides is 1. The monoisotopic (exact) mass is 326 g/mol. The van der Waals surface area contributed by atoms with Crippen molar-refractivity contribution in [2.24, 2.45) is 0 Å². The van der Waals surface area contributed by atoms with Crippen molar-refractivity contribution in [2.75, 3.05) is 16.8 Å². The average molecular weight is 326 g/mol. The van der Waals surface area contributed by atoms with Crippen molar-refractivity contribution in [3.05, 3.63) is 59.4 Å². The Morgan fingerprint density at radius 1 is 1.21 bits per heavy atom. The minimum absolute atomic E-state index is 0.0774. The topological polar surface area (TPSA) is 49.4 Å². The molecule has 4 nitrogen and oxygen atoms in total. The molecule has 0 aromatic heterocycles. The number of carbonyl (C=O) groups is 2. The fourth-order valence-corrected chi connectivity index (χ4v) is 2.86. The van der Waals surface area contributed by atoms with Crippen molar-refractivity contribution in [2.45, 2.75) is 26.3 Å². The summed E-state index contributed by atoms with van der Waals surface area (Å²) >= 11 is 0. The molecule has 0 spiro atoms. The van der Waals surface area contributed by atoms with Crippen LogP contribution in [0.1, 0.15) is 29.8 Å². The Bertz CT molecular complexity index is 830. The van der Waals surface area contributed by atoms with Crippen LogP contribution in [0.3, 0.4) is 0 Å². The maximum atomic E-state index is 13.4. The SMILES string of the molecule is Cc1cc(C(=O)CN2C(=O)C(C)(C)Nc3ccccc32)ccc1F. The number of nitrogens with zero attached hydrogens (tertiary/aromatic N) is 1. The molecule has 0 atom stereocenters. The summed E-state index contributed by atoms with van der Waals surface area (Å²) in [5.41, 5.74) is 1.50. The molecule has 0 saturated carbocycles. The lowest BCUT2D eigenvalue weighted by Crippen LogP contribution is -2.55. The molecule has 0 bridgehead atoms.